The lowest BCUT2D eigenvalue weighted by atomic mass is 10.0. The Morgan fingerprint density at radius 1 is 1.25 bits per heavy atom. The Morgan fingerprint density at radius 3 is 2.75 bits per heavy atom. The first-order valence-corrected chi connectivity index (χ1v) is 8.87. The second-order valence-corrected chi connectivity index (χ2v) is 6.69. The number of amides is 1. The van der Waals surface area contributed by atoms with Gasteiger partial charge < -0.3 is 9.64 Å². The molecule has 2 heterocycles. The Hall–Kier alpha value is -2.06. The average Bonchev–Trinajstić information content (AvgIpc) is 3.16. The minimum absolute atomic E-state index is 0.0200. The molecule has 3 rings (SSSR count). The predicted molar refractivity (Wildman–Crippen MR) is 91.7 cm³/mol. The number of piperidine rings is 1. The third-order valence-corrected chi connectivity index (χ3v) is 5.02. The maximum Gasteiger partial charge on any atom is 0.263 e. The van der Waals surface area contributed by atoms with Crippen molar-refractivity contribution in [1.82, 2.24) is 9.80 Å². The van der Waals surface area contributed by atoms with Crippen LogP contribution in [-0.2, 0) is 4.79 Å². The van der Waals surface area contributed by atoms with Gasteiger partial charge in [-0.15, -0.1) is 0 Å². The van der Waals surface area contributed by atoms with Crippen molar-refractivity contribution < 1.29 is 9.53 Å². The molecule has 0 saturated carbocycles. The summed E-state index contributed by atoms with van der Waals surface area (Å²) in [6, 6.07) is 9.66. The van der Waals surface area contributed by atoms with Crippen LogP contribution in [0.2, 0.25) is 0 Å². The molecule has 5 nitrogen and oxygen atoms in total. The number of nitriles is 1. The van der Waals surface area contributed by atoms with Gasteiger partial charge in [-0.05, 0) is 57.8 Å². The van der Waals surface area contributed by atoms with E-state index in [-0.39, 0.29) is 5.91 Å². The summed E-state index contributed by atoms with van der Waals surface area (Å²) >= 11 is 0. The number of carbonyl (C=O) groups excluding carboxylic acids is 1. The third-order valence-electron chi connectivity index (χ3n) is 5.02. The molecule has 1 amide bonds. The van der Waals surface area contributed by atoms with Gasteiger partial charge in [0.25, 0.3) is 5.91 Å². The number of carbonyl (C=O) groups is 1. The van der Waals surface area contributed by atoms with Crippen LogP contribution in [0.15, 0.2) is 24.3 Å². The predicted octanol–water partition coefficient (Wildman–Crippen LogP) is 2.41. The summed E-state index contributed by atoms with van der Waals surface area (Å²) in [6.07, 6.45) is 4.20. The first kappa shape index (κ1) is 16.8. The van der Waals surface area contributed by atoms with Crippen LogP contribution >= 0.6 is 0 Å². The monoisotopic (exact) mass is 327 g/mol. The van der Waals surface area contributed by atoms with Crippen molar-refractivity contribution in [2.45, 2.75) is 44.8 Å². The molecule has 1 aromatic carbocycles. The van der Waals surface area contributed by atoms with Gasteiger partial charge in [-0.2, -0.15) is 5.26 Å². The molecule has 2 atom stereocenters. The van der Waals surface area contributed by atoms with Crippen molar-refractivity contribution in [2.24, 2.45) is 0 Å². The summed E-state index contributed by atoms with van der Waals surface area (Å²) in [7, 11) is 0. The molecule has 0 radical (unpaired) electrons. The van der Waals surface area contributed by atoms with E-state index in [2.05, 4.69) is 11.0 Å². The number of ether oxygens (including phenoxy) is 1. The maximum absolute atomic E-state index is 12.8. The molecule has 24 heavy (non-hydrogen) atoms. The molecule has 0 aliphatic carbocycles. The van der Waals surface area contributed by atoms with Crippen LogP contribution in [0.4, 0.5) is 0 Å². The molecule has 5 heteroatoms. The molecule has 0 unspecified atom stereocenters. The molecule has 2 fully saturated rings. The Balaban J connectivity index is 1.61. The fourth-order valence-electron chi connectivity index (χ4n) is 3.72. The summed E-state index contributed by atoms with van der Waals surface area (Å²) in [5.74, 6) is 0.501. The van der Waals surface area contributed by atoms with Gasteiger partial charge >= 0.3 is 0 Å². The Bertz CT molecular complexity index is 619. The molecule has 2 aliphatic heterocycles. The van der Waals surface area contributed by atoms with Crippen LogP contribution in [0.1, 0.15) is 38.2 Å². The molecule has 128 valence electrons. The number of benzene rings is 1. The highest BCUT2D eigenvalue weighted by atomic mass is 16.5. The largest absolute Gasteiger partial charge is 0.480 e. The van der Waals surface area contributed by atoms with Crippen molar-refractivity contribution in [3.05, 3.63) is 29.8 Å². The third kappa shape index (κ3) is 3.70. The molecule has 2 saturated heterocycles. The maximum atomic E-state index is 12.8. The van der Waals surface area contributed by atoms with Crippen LogP contribution in [0.25, 0.3) is 0 Å². The molecule has 1 aromatic rings. The zero-order valence-corrected chi connectivity index (χ0v) is 14.3. The van der Waals surface area contributed by atoms with Gasteiger partial charge in [-0.25, -0.2) is 0 Å². The molecular weight excluding hydrogens is 302 g/mol. The fraction of sp³-hybridized carbons (Fsp3) is 0.579. The lowest BCUT2D eigenvalue weighted by molar-refractivity contribution is -0.140. The van der Waals surface area contributed by atoms with Crippen LogP contribution in [0, 0.1) is 11.3 Å². The molecule has 2 aliphatic rings. The lowest BCUT2D eigenvalue weighted by Crippen LogP contribution is -2.51. The second kappa shape index (κ2) is 7.67. The molecule has 0 N–H and O–H groups in total. The Morgan fingerprint density at radius 2 is 2.00 bits per heavy atom. The number of para-hydroxylation sites is 1. The zero-order chi connectivity index (χ0) is 16.9. The van der Waals surface area contributed by atoms with Gasteiger partial charge in [0.1, 0.15) is 11.8 Å². The number of likely N-dealkylation sites (tertiary alicyclic amines) is 2. The van der Waals surface area contributed by atoms with Crippen LogP contribution < -0.4 is 4.74 Å². The first-order chi connectivity index (χ1) is 11.7. The summed E-state index contributed by atoms with van der Waals surface area (Å²) in [6.45, 7) is 5.70. The van der Waals surface area contributed by atoms with E-state index in [0.29, 0.717) is 17.4 Å². The van der Waals surface area contributed by atoms with Gasteiger partial charge in [-0.3, -0.25) is 9.69 Å². The summed E-state index contributed by atoms with van der Waals surface area (Å²) in [4.78, 5) is 17.2. The summed E-state index contributed by atoms with van der Waals surface area (Å²) < 4.78 is 5.78. The van der Waals surface area contributed by atoms with Crippen molar-refractivity contribution in [3.8, 4) is 11.8 Å². The fourth-order valence-corrected chi connectivity index (χ4v) is 3.72. The van der Waals surface area contributed by atoms with E-state index >= 15 is 0 Å². The number of nitrogens with zero attached hydrogens (tertiary/aromatic N) is 3. The van der Waals surface area contributed by atoms with E-state index < -0.39 is 6.10 Å². The highest BCUT2D eigenvalue weighted by Gasteiger charge is 2.31. The summed E-state index contributed by atoms with van der Waals surface area (Å²) in [5, 5.41) is 9.14. The molecule has 0 bridgehead atoms. The normalized spacial score (nSPS) is 22.8. The van der Waals surface area contributed by atoms with E-state index in [1.807, 2.05) is 11.0 Å². The van der Waals surface area contributed by atoms with Crippen molar-refractivity contribution >= 4 is 5.91 Å². The van der Waals surface area contributed by atoms with Crippen molar-refractivity contribution in [3.63, 3.8) is 0 Å². The number of rotatable bonds is 4. The standard InChI is InChI=1S/C19H25N3O2/c1-15(24-18-9-3-2-7-16(18)13-20)19(23)22-12-6-8-17(14-22)21-10-4-5-11-21/h2-3,7,9,15,17H,4-6,8,10-12,14H2,1H3/t15-,17-/m0/s1. The Kier molecular flexibility index (Phi) is 5.37. The summed E-state index contributed by atoms with van der Waals surface area (Å²) in [5.41, 5.74) is 0.464. The van der Waals surface area contributed by atoms with Crippen LogP contribution in [0.3, 0.4) is 0 Å². The van der Waals surface area contributed by atoms with Gasteiger partial charge in [0.15, 0.2) is 6.10 Å². The van der Waals surface area contributed by atoms with Crippen molar-refractivity contribution in [1.29, 1.82) is 5.26 Å². The number of hydrogen-bond donors (Lipinski definition) is 0. The smallest absolute Gasteiger partial charge is 0.263 e. The minimum atomic E-state index is -0.572. The topological polar surface area (TPSA) is 56.6 Å². The zero-order valence-electron chi connectivity index (χ0n) is 14.3. The highest BCUT2D eigenvalue weighted by molar-refractivity contribution is 5.81. The highest BCUT2D eigenvalue weighted by Crippen LogP contribution is 2.22. The van der Waals surface area contributed by atoms with E-state index in [9.17, 15) is 4.79 Å². The van der Waals surface area contributed by atoms with Crippen LogP contribution in [-0.4, -0.2) is 54.0 Å². The molecular formula is C19H25N3O2. The molecule has 0 spiro atoms. The average molecular weight is 327 g/mol. The van der Waals surface area contributed by atoms with Crippen LogP contribution in [0.5, 0.6) is 5.75 Å². The Labute approximate surface area is 143 Å². The molecule has 0 aromatic heterocycles. The van der Waals surface area contributed by atoms with Gasteiger partial charge in [0, 0.05) is 19.1 Å². The van der Waals surface area contributed by atoms with Gasteiger partial charge in [-0.1, -0.05) is 12.1 Å². The van der Waals surface area contributed by atoms with E-state index in [1.54, 1.807) is 25.1 Å². The quantitative estimate of drug-likeness (QED) is 0.852. The first-order valence-electron chi connectivity index (χ1n) is 8.87. The lowest BCUT2D eigenvalue weighted by Gasteiger charge is -2.38. The van der Waals surface area contributed by atoms with Gasteiger partial charge in [0.05, 0.1) is 5.56 Å². The van der Waals surface area contributed by atoms with E-state index in [4.69, 9.17) is 10.00 Å². The van der Waals surface area contributed by atoms with Gasteiger partial charge in [0.2, 0.25) is 0 Å². The minimum Gasteiger partial charge on any atom is -0.480 e. The van der Waals surface area contributed by atoms with Crippen molar-refractivity contribution in [2.75, 3.05) is 26.2 Å². The SMILES string of the molecule is C[C@H](Oc1ccccc1C#N)C(=O)N1CCC[C@H](N2CCCC2)C1. The number of hydrogen-bond acceptors (Lipinski definition) is 4. The van der Waals surface area contributed by atoms with E-state index in [0.717, 1.165) is 32.6 Å². The second-order valence-electron chi connectivity index (χ2n) is 6.69. The van der Waals surface area contributed by atoms with E-state index in [1.165, 1.54) is 19.3 Å².